The molecule has 0 aliphatic carbocycles. The van der Waals surface area contributed by atoms with Crippen LogP contribution in [0.25, 0.3) is 0 Å². The van der Waals surface area contributed by atoms with Crippen molar-refractivity contribution in [3.05, 3.63) is 28.2 Å². The number of rotatable bonds is 2. The van der Waals surface area contributed by atoms with Gasteiger partial charge < -0.3 is 10.6 Å². The first-order valence-electron chi connectivity index (χ1n) is 5.90. The van der Waals surface area contributed by atoms with Crippen LogP contribution in [0.4, 0.5) is 5.69 Å². The van der Waals surface area contributed by atoms with E-state index in [0.29, 0.717) is 6.04 Å². The summed E-state index contributed by atoms with van der Waals surface area (Å²) in [5.41, 5.74) is 8.44. The Morgan fingerprint density at radius 1 is 1.44 bits per heavy atom. The molecule has 1 heterocycles. The van der Waals surface area contributed by atoms with E-state index in [1.165, 1.54) is 24.1 Å². The van der Waals surface area contributed by atoms with Crippen molar-refractivity contribution in [1.82, 2.24) is 0 Å². The molecule has 1 aromatic rings. The number of hydrogen-bond donors (Lipinski definition) is 1. The highest BCUT2D eigenvalue weighted by molar-refractivity contribution is 9.10. The summed E-state index contributed by atoms with van der Waals surface area (Å²) >= 11 is 3.57. The normalized spacial score (nSPS) is 22.5. The molecule has 2 N–H and O–H groups in total. The topological polar surface area (TPSA) is 29.3 Å². The SMILES string of the molecule is CC(N)c1cc(Br)cc(N2CCCC2C)c1. The number of hydrogen-bond acceptors (Lipinski definition) is 2. The standard InChI is InChI=1S/C13H19BrN2/c1-9-4-3-5-16(9)13-7-11(10(2)15)6-12(14)8-13/h6-10H,3-5,15H2,1-2H3. The van der Waals surface area contributed by atoms with Crippen LogP contribution in [0.15, 0.2) is 22.7 Å². The summed E-state index contributed by atoms with van der Waals surface area (Å²) in [6.07, 6.45) is 2.58. The highest BCUT2D eigenvalue weighted by Crippen LogP contribution is 2.30. The van der Waals surface area contributed by atoms with Crippen molar-refractivity contribution in [3.8, 4) is 0 Å². The lowest BCUT2D eigenvalue weighted by molar-refractivity contribution is 0.733. The molecule has 2 atom stereocenters. The van der Waals surface area contributed by atoms with E-state index in [-0.39, 0.29) is 6.04 Å². The van der Waals surface area contributed by atoms with Crippen LogP contribution >= 0.6 is 15.9 Å². The predicted molar refractivity (Wildman–Crippen MR) is 72.8 cm³/mol. The maximum absolute atomic E-state index is 5.95. The van der Waals surface area contributed by atoms with Gasteiger partial charge in [0.15, 0.2) is 0 Å². The Kier molecular flexibility index (Phi) is 3.55. The third-order valence-electron chi connectivity index (χ3n) is 3.32. The van der Waals surface area contributed by atoms with Crippen molar-refractivity contribution >= 4 is 21.6 Å². The van der Waals surface area contributed by atoms with Crippen LogP contribution in [0.3, 0.4) is 0 Å². The summed E-state index contributed by atoms with van der Waals surface area (Å²) in [5, 5.41) is 0. The van der Waals surface area contributed by atoms with Crippen molar-refractivity contribution < 1.29 is 0 Å². The second-order valence-corrected chi connectivity index (χ2v) is 5.63. The number of halogens is 1. The Morgan fingerprint density at radius 2 is 2.19 bits per heavy atom. The molecule has 1 aliphatic heterocycles. The summed E-state index contributed by atoms with van der Waals surface area (Å²) in [6, 6.07) is 7.25. The molecule has 0 bridgehead atoms. The number of benzene rings is 1. The minimum Gasteiger partial charge on any atom is -0.369 e. The Morgan fingerprint density at radius 3 is 2.75 bits per heavy atom. The zero-order chi connectivity index (χ0) is 11.7. The zero-order valence-corrected chi connectivity index (χ0v) is 11.5. The van der Waals surface area contributed by atoms with Gasteiger partial charge in [-0.1, -0.05) is 15.9 Å². The van der Waals surface area contributed by atoms with Crippen molar-refractivity contribution in [2.24, 2.45) is 5.73 Å². The fraction of sp³-hybridized carbons (Fsp3) is 0.538. The maximum atomic E-state index is 5.95. The first-order valence-corrected chi connectivity index (χ1v) is 6.70. The molecule has 1 aliphatic rings. The lowest BCUT2D eigenvalue weighted by Crippen LogP contribution is -2.26. The smallest absolute Gasteiger partial charge is 0.0383 e. The number of nitrogens with zero attached hydrogens (tertiary/aromatic N) is 1. The zero-order valence-electron chi connectivity index (χ0n) is 9.91. The van der Waals surface area contributed by atoms with Gasteiger partial charge in [0.2, 0.25) is 0 Å². The molecular formula is C13H19BrN2. The Hall–Kier alpha value is -0.540. The fourth-order valence-corrected chi connectivity index (χ4v) is 2.84. The molecule has 0 amide bonds. The summed E-state index contributed by atoms with van der Waals surface area (Å²) in [7, 11) is 0. The van der Waals surface area contributed by atoms with Gasteiger partial charge in [-0.25, -0.2) is 0 Å². The van der Waals surface area contributed by atoms with Gasteiger partial charge in [0.1, 0.15) is 0 Å². The second-order valence-electron chi connectivity index (χ2n) is 4.72. The molecule has 1 fully saturated rings. The van der Waals surface area contributed by atoms with Crippen molar-refractivity contribution in [1.29, 1.82) is 0 Å². The van der Waals surface area contributed by atoms with E-state index in [1.54, 1.807) is 0 Å². The quantitative estimate of drug-likeness (QED) is 0.900. The minimum absolute atomic E-state index is 0.0918. The van der Waals surface area contributed by atoms with Crippen LogP contribution in [-0.2, 0) is 0 Å². The first-order chi connectivity index (χ1) is 7.58. The average molecular weight is 283 g/mol. The average Bonchev–Trinajstić information content (AvgIpc) is 2.63. The highest BCUT2D eigenvalue weighted by atomic mass is 79.9. The van der Waals surface area contributed by atoms with E-state index in [0.717, 1.165) is 11.0 Å². The highest BCUT2D eigenvalue weighted by Gasteiger charge is 2.21. The lowest BCUT2D eigenvalue weighted by Gasteiger charge is -2.25. The predicted octanol–water partition coefficient (Wildman–Crippen LogP) is 3.46. The van der Waals surface area contributed by atoms with Gasteiger partial charge in [0.25, 0.3) is 0 Å². The number of nitrogens with two attached hydrogens (primary N) is 1. The van der Waals surface area contributed by atoms with Crippen LogP contribution < -0.4 is 10.6 Å². The molecule has 3 heteroatoms. The van der Waals surface area contributed by atoms with Crippen molar-refractivity contribution in [2.45, 2.75) is 38.8 Å². The molecule has 0 spiro atoms. The van der Waals surface area contributed by atoms with E-state index in [1.807, 2.05) is 6.92 Å². The van der Waals surface area contributed by atoms with E-state index < -0.39 is 0 Å². The van der Waals surface area contributed by atoms with Crippen LogP contribution in [0.2, 0.25) is 0 Å². The molecule has 0 aromatic heterocycles. The Bertz CT molecular complexity index is 376. The summed E-state index contributed by atoms with van der Waals surface area (Å²) in [4.78, 5) is 2.47. The molecule has 2 nitrogen and oxygen atoms in total. The summed E-state index contributed by atoms with van der Waals surface area (Å²) in [6.45, 7) is 5.48. The van der Waals surface area contributed by atoms with Gasteiger partial charge in [-0.2, -0.15) is 0 Å². The van der Waals surface area contributed by atoms with E-state index in [9.17, 15) is 0 Å². The van der Waals surface area contributed by atoms with Crippen LogP contribution in [0.1, 0.15) is 38.3 Å². The van der Waals surface area contributed by atoms with Gasteiger partial charge in [-0.05, 0) is 50.5 Å². The molecule has 16 heavy (non-hydrogen) atoms. The van der Waals surface area contributed by atoms with Crippen LogP contribution in [0, 0.1) is 0 Å². The van der Waals surface area contributed by atoms with Gasteiger partial charge in [-0.3, -0.25) is 0 Å². The third-order valence-corrected chi connectivity index (χ3v) is 3.77. The van der Waals surface area contributed by atoms with Crippen LogP contribution in [-0.4, -0.2) is 12.6 Å². The molecule has 88 valence electrons. The van der Waals surface area contributed by atoms with E-state index in [2.05, 4.69) is 46.0 Å². The number of anilines is 1. The summed E-state index contributed by atoms with van der Waals surface area (Å²) in [5.74, 6) is 0. The molecule has 0 radical (unpaired) electrons. The van der Waals surface area contributed by atoms with E-state index >= 15 is 0 Å². The minimum atomic E-state index is 0.0918. The van der Waals surface area contributed by atoms with Gasteiger partial charge in [0, 0.05) is 28.8 Å². The van der Waals surface area contributed by atoms with Crippen molar-refractivity contribution in [3.63, 3.8) is 0 Å². The van der Waals surface area contributed by atoms with Gasteiger partial charge >= 0.3 is 0 Å². The van der Waals surface area contributed by atoms with Gasteiger partial charge in [-0.15, -0.1) is 0 Å². The maximum Gasteiger partial charge on any atom is 0.0383 e. The third kappa shape index (κ3) is 2.41. The van der Waals surface area contributed by atoms with E-state index in [4.69, 9.17) is 5.73 Å². The molecule has 1 aromatic carbocycles. The first kappa shape index (κ1) is 11.9. The second kappa shape index (κ2) is 4.76. The molecule has 1 saturated heterocycles. The fourth-order valence-electron chi connectivity index (χ4n) is 2.34. The van der Waals surface area contributed by atoms with Gasteiger partial charge in [0.05, 0.1) is 0 Å². The Balaban J connectivity index is 2.33. The lowest BCUT2D eigenvalue weighted by atomic mass is 10.1. The monoisotopic (exact) mass is 282 g/mol. The largest absolute Gasteiger partial charge is 0.369 e. The van der Waals surface area contributed by atoms with Crippen LogP contribution in [0.5, 0.6) is 0 Å². The molecule has 0 saturated carbocycles. The van der Waals surface area contributed by atoms with Crippen molar-refractivity contribution in [2.75, 3.05) is 11.4 Å². The molecule has 2 unspecified atom stereocenters. The molecular weight excluding hydrogens is 264 g/mol. The molecule has 2 rings (SSSR count). The summed E-state index contributed by atoms with van der Waals surface area (Å²) < 4.78 is 1.12. The Labute approximate surface area is 106 Å².